The van der Waals surface area contributed by atoms with E-state index in [9.17, 15) is 23.2 Å². The lowest BCUT2D eigenvalue weighted by molar-refractivity contribution is -0.122. The van der Waals surface area contributed by atoms with Gasteiger partial charge in [0.15, 0.2) is 11.6 Å². The number of carbonyl (C=O) groups is 2. The maximum atomic E-state index is 13.5. The van der Waals surface area contributed by atoms with Gasteiger partial charge in [0.05, 0.1) is 6.54 Å². The molecule has 2 heterocycles. The number of piperidine rings is 1. The normalized spacial score (nSPS) is 15.7. The molecule has 8 heteroatoms. The Hall–Kier alpha value is -3.81. The molecule has 0 saturated carbocycles. The monoisotopic (exact) mass is 451 g/mol. The highest BCUT2D eigenvalue weighted by molar-refractivity contribution is 5.93. The van der Waals surface area contributed by atoms with Gasteiger partial charge >= 0.3 is 0 Å². The summed E-state index contributed by atoms with van der Waals surface area (Å²) >= 11 is 0. The van der Waals surface area contributed by atoms with E-state index in [1.807, 2.05) is 24.3 Å². The Balaban J connectivity index is 1.43. The predicted octanol–water partition coefficient (Wildman–Crippen LogP) is 3.10. The number of aromatic nitrogens is 1. The molecule has 1 fully saturated rings. The average molecular weight is 451 g/mol. The van der Waals surface area contributed by atoms with Crippen LogP contribution in [0.3, 0.4) is 0 Å². The number of hydrogen-bond donors (Lipinski definition) is 2. The van der Waals surface area contributed by atoms with Crippen LogP contribution in [-0.2, 0) is 17.9 Å². The first-order chi connectivity index (χ1) is 15.9. The molecule has 1 unspecified atom stereocenters. The van der Waals surface area contributed by atoms with Gasteiger partial charge in [0, 0.05) is 31.6 Å². The number of rotatable bonds is 6. The summed E-state index contributed by atoms with van der Waals surface area (Å²) in [5, 5.41) is 5.64. The van der Waals surface area contributed by atoms with Crippen LogP contribution >= 0.6 is 0 Å². The lowest BCUT2D eigenvalue weighted by Gasteiger charge is -2.23. The van der Waals surface area contributed by atoms with Gasteiger partial charge in [-0.2, -0.15) is 0 Å². The highest BCUT2D eigenvalue weighted by Gasteiger charge is 2.20. The minimum absolute atomic E-state index is 0.0110. The Morgan fingerprint density at radius 3 is 2.64 bits per heavy atom. The van der Waals surface area contributed by atoms with Crippen LogP contribution in [0.1, 0.15) is 45.8 Å². The zero-order valence-electron chi connectivity index (χ0n) is 17.8. The maximum Gasteiger partial charge on any atom is 0.263 e. The van der Waals surface area contributed by atoms with Crippen molar-refractivity contribution in [2.45, 2.75) is 31.8 Å². The van der Waals surface area contributed by atoms with Crippen molar-refractivity contribution in [2.75, 3.05) is 6.54 Å². The molecule has 0 aliphatic carbocycles. The third kappa shape index (κ3) is 5.34. The fourth-order valence-corrected chi connectivity index (χ4v) is 3.92. The van der Waals surface area contributed by atoms with E-state index in [4.69, 9.17) is 0 Å². The molecule has 170 valence electrons. The second-order valence-corrected chi connectivity index (χ2v) is 8.07. The zero-order chi connectivity index (χ0) is 23.4. The second-order valence-electron chi connectivity index (χ2n) is 8.07. The standard InChI is InChI=1S/C25H23F2N3O3/c26-21-8-6-17(12-22(21)27)15-30-10-2-5-20(25(30)33)24(32)29-13-16-3-1-4-18(11-16)19-7-9-23(31)28-14-19/h1-6,8,10-12,19H,7,9,13-15H2,(H,28,31)(H,29,32). The van der Waals surface area contributed by atoms with E-state index in [1.165, 1.54) is 22.9 Å². The van der Waals surface area contributed by atoms with E-state index in [1.54, 1.807) is 6.07 Å². The van der Waals surface area contributed by atoms with Crippen LogP contribution in [0.15, 0.2) is 65.6 Å². The van der Waals surface area contributed by atoms with Crippen molar-refractivity contribution in [3.05, 3.63) is 105 Å². The van der Waals surface area contributed by atoms with Gasteiger partial charge < -0.3 is 15.2 Å². The topological polar surface area (TPSA) is 80.2 Å². The minimum Gasteiger partial charge on any atom is -0.355 e. The lowest BCUT2D eigenvalue weighted by Crippen LogP contribution is -2.34. The molecule has 2 aromatic carbocycles. The zero-order valence-corrected chi connectivity index (χ0v) is 17.8. The number of hydrogen-bond acceptors (Lipinski definition) is 3. The van der Waals surface area contributed by atoms with Crippen LogP contribution in [-0.4, -0.2) is 22.9 Å². The number of pyridine rings is 1. The van der Waals surface area contributed by atoms with Gasteiger partial charge in [-0.1, -0.05) is 30.3 Å². The molecule has 33 heavy (non-hydrogen) atoms. The molecule has 1 aromatic heterocycles. The molecular weight excluding hydrogens is 428 g/mol. The quantitative estimate of drug-likeness (QED) is 0.605. The first-order valence-corrected chi connectivity index (χ1v) is 10.7. The molecule has 2 N–H and O–H groups in total. The number of nitrogens with zero attached hydrogens (tertiary/aromatic N) is 1. The van der Waals surface area contributed by atoms with Crippen LogP contribution < -0.4 is 16.2 Å². The smallest absolute Gasteiger partial charge is 0.263 e. The highest BCUT2D eigenvalue weighted by Crippen LogP contribution is 2.24. The largest absolute Gasteiger partial charge is 0.355 e. The third-order valence-corrected chi connectivity index (χ3v) is 5.74. The number of benzene rings is 2. The van der Waals surface area contributed by atoms with Crippen molar-refractivity contribution in [3.8, 4) is 0 Å². The molecule has 6 nitrogen and oxygen atoms in total. The molecule has 1 aliphatic heterocycles. The molecule has 1 saturated heterocycles. The number of nitrogens with one attached hydrogen (secondary N) is 2. The first-order valence-electron chi connectivity index (χ1n) is 10.7. The van der Waals surface area contributed by atoms with Gasteiger partial charge in [-0.05, 0) is 47.4 Å². The molecule has 0 radical (unpaired) electrons. The molecule has 4 rings (SSSR count). The van der Waals surface area contributed by atoms with E-state index in [0.717, 1.165) is 29.7 Å². The number of amides is 2. The van der Waals surface area contributed by atoms with E-state index in [0.29, 0.717) is 18.5 Å². The van der Waals surface area contributed by atoms with Crippen LogP contribution in [0, 0.1) is 11.6 Å². The average Bonchev–Trinajstić information content (AvgIpc) is 2.82. The van der Waals surface area contributed by atoms with Gasteiger partial charge in [0.1, 0.15) is 5.56 Å². The summed E-state index contributed by atoms with van der Waals surface area (Å²) in [4.78, 5) is 36.8. The summed E-state index contributed by atoms with van der Waals surface area (Å²) in [5.41, 5.74) is 1.83. The van der Waals surface area contributed by atoms with Crippen molar-refractivity contribution >= 4 is 11.8 Å². The number of carbonyl (C=O) groups excluding carboxylic acids is 2. The van der Waals surface area contributed by atoms with Crippen LogP contribution in [0.4, 0.5) is 8.78 Å². The molecule has 3 aromatic rings. The van der Waals surface area contributed by atoms with E-state index < -0.39 is 23.1 Å². The molecule has 2 amide bonds. The summed E-state index contributed by atoms with van der Waals surface area (Å²) in [6, 6.07) is 14.2. The minimum atomic E-state index is -0.993. The number of halogens is 2. The van der Waals surface area contributed by atoms with E-state index in [-0.39, 0.29) is 30.5 Å². The molecule has 0 bridgehead atoms. The van der Waals surface area contributed by atoms with Crippen LogP contribution in [0.5, 0.6) is 0 Å². The molecule has 1 atom stereocenters. The third-order valence-electron chi connectivity index (χ3n) is 5.74. The van der Waals surface area contributed by atoms with Crippen LogP contribution in [0.25, 0.3) is 0 Å². The van der Waals surface area contributed by atoms with Gasteiger partial charge in [0.25, 0.3) is 11.5 Å². The Kier molecular flexibility index (Phi) is 6.63. The van der Waals surface area contributed by atoms with Crippen molar-refractivity contribution < 1.29 is 18.4 Å². The Morgan fingerprint density at radius 2 is 1.88 bits per heavy atom. The predicted molar refractivity (Wildman–Crippen MR) is 119 cm³/mol. The van der Waals surface area contributed by atoms with Crippen molar-refractivity contribution in [1.82, 2.24) is 15.2 Å². The van der Waals surface area contributed by atoms with Crippen molar-refractivity contribution in [1.29, 1.82) is 0 Å². The fourth-order valence-electron chi connectivity index (χ4n) is 3.92. The fraction of sp³-hybridized carbons (Fsp3) is 0.240. The summed E-state index contributed by atoms with van der Waals surface area (Å²) < 4.78 is 27.9. The van der Waals surface area contributed by atoms with Crippen LogP contribution in [0.2, 0.25) is 0 Å². The second kappa shape index (κ2) is 9.77. The Labute approximate surface area is 189 Å². The van der Waals surface area contributed by atoms with E-state index >= 15 is 0 Å². The summed E-state index contributed by atoms with van der Waals surface area (Å²) in [6.45, 7) is 0.844. The maximum absolute atomic E-state index is 13.5. The summed E-state index contributed by atoms with van der Waals surface area (Å²) in [7, 11) is 0. The molecule has 0 spiro atoms. The Bertz CT molecular complexity index is 1250. The SMILES string of the molecule is O=C1CCC(c2cccc(CNC(=O)c3cccn(Cc4ccc(F)c(F)c4)c3=O)c2)CN1. The first kappa shape index (κ1) is 22.4. The van der Waals surface area contributed by atoms with Gasteiger partial charge in [0.2, 0.25) is 5.91 Å². The highest BCUT2D eigenvalue weighted by atomic mass is 19.2. The summed E-state index contributed by atoms with van der Waals surface area (Å²) in [5.74, 6) is -2.18. The lowest BCUT2D eigenvalue weighted by atomic mass is 9.90. The van der Waals surface area contributed by atoms with Crippen molar-refractivity contribution in [3.63, 3.8) is 0 Å². The molecule has 1 aliphatic rings. The summed E-state index contributed by atoms with van der Waals surface area (Å²) in [6.07, 6.45) is 2.77. The van der Waals surface area contributed by atoms with Gasteiger partial charge in [-0.3, -0.25) is 14.4 Å². The molecular formula is C25H23F2N3O3. The van der Waals surface area contributed by atoms with E-state index in [2.05, 4.69) is 10.6 Å². The Morgan fingerprint density at radius 1 is 1.03 bits per heavy atom. The van der Waals surface area contributed by atoms with Gasteiger partial charge in [-0.15, -0.1) is 0 Å². The van der Waals surface area contributed by atoms with Gasteiger partial charge in [-0.25, -0.2) is 8.78 Å². The van der Waals surface area contributed by atoms with Crippen molar-refractivity contribution in [2.24, 2.45) is 0 Å².